The lowest BCUT2D eigenvalue weighted by molar-refractivity contribution is -0.141. The maximum atomic E-state index is 13.6. The van der Waals surface area contributed by atoms with Crippen LogP contribution in [0.2, 0.25) is 0 Å². The number of benzene rings is 1. The van der Waals surface area contributed by atoms with Gasteiger partial charge in [-0.1, -0.05) is 38.1 Å². The van der Waals surface area contributed by atoms with Crippen LogP contribution in [-0.4, -0.2) is 57.8 Å². The number of nitrogens with one attached hydrogen (secondary N) is 1. The van der Waals surface area contributed by atoms with E-state index in [0.29, 0.717) is 5.76 Å². The van der Waals surface area contributed by atoms with E-state index in [4.69, 9.17) is 9.26 Å². The number of β-amino-alcohol motifs (C(OH)–C–C–N with tert-alkyl or cyclic N) is 1. The molecule has 3 aromatic rings. The lowest BCUT2D eigenvalue weighted by Gasteiger charge is -2.29. The first-order valence-corrected chi connectivity index (χ1v) is 12.9. The van der Waals surface area contributed by atoms with Crippen LogP contribution in [0.1, 0.15) is 56.2 Å². The number of likely N-dealkylation sites (tertiary alicyclic amines) is 1. The number of carbonyl (C=O) groups is 2. The SMILES string of the molecule is COc1cc(C(C(=O)N2C[C@H](O)C[C@H]2C(=O)N[C@@H](C)c2ccc(-c3scnc3C)cc2)C(C)C)on1. The van der Waals surface area contributed by atoms with Crippen molar-refractivity contribution in [3.8, 4) is 16.3 Å². The van der Waals surface area contributed by atoms with Gasteiger partial charge in [0, 0.05) is 19.0 Å². The van der Waals surface area contributed by atoms with E-state index in [1.54, 1.807) is 17.4 Å². The molecule has 2 N–H and O–H groups in total. The Kier molecular flexibility index (Phi) is 7.75. The van der Waals surface area contributed by atoms with Crippen LogP contribution in [0, 0.1) is 12.8 Å². The average Bonchev–Trinajstić information content (AvgIpc) is 3.58. The van der Waals surface area contributed by atoms with Crippen LogP contribution >= 0.6 is 11.3 Å². The second kappa shape index (κ2) is 10.8. The fourth-order valence-corrected chi connectivity index (χ4v) is 5.44. The summed E-state index contributed by atoms with van der Waals surface area (Å²) in [7, 11) is 1.47. The molecule has 0 spiro atoms. The summed E-state index contributed by atoms with van der Waals surface area (Å²) in [6.45, 7) is 7.77. The summed E-state index contributed by atoms with van der Waals surface area (Å²) in [6, 6.07) is 8.54. The van der Waals surface area contributed by atoms with Crippen molar-refractivity contribution in [3.05, 3.63) is 52.9 Å². The number of aromatic nitrogens is 2. The Balaban J connectivity index is 1.47. The predicted octanol–water partition coefficient (Wildman–Crippen LogP) is 3.69. The van der Waals surface area contributed by atoms with Gasteiger partial charge in [0.2, 0.25) is 11.8 Å². The van der Waals surface area contributed by atoms with Crippen molar-refractivity contribution in [3.63, 3.8) is 0 Å². The fourth-order valence-electron chi connectivity index (χ4n) is 4.63. The van der Waals surface area contributed by atoms with Gasteiger partial charge in [0.15, 0.2) is 5.76 Å². The number of hydrogen-bond donors (Lipinski definition) is 2. The second-order valence-electron chi connectivity index (χ2n) is 9.51. The molecule has 10 heteroatoms. The van der Waals surface area contributed by atoms with Crippen molar-refractivity contribution in [2.24, 2.45) is 5.92 Å². The zero-order valence-corrected chi connectivity index (χ0v) is 21.9. The maximum absolute atomic E-state index is 13.6. The van der Waals surface area contributed by atoms with Gasteiger partial charge >= 0.3 is 0 Å². The van der Waals surface area contributed by atoms with Crippen LogP contribution in [0.4, 0.5) is 0 Å². The lowest BCUT2D eigenvalue weighted by atomic mass is 9.91. The van der Waals surface area contributed by atoms with Crippen LogP contribution in [0.15, 0.2) is 40.4 Å². The summed E-state index contributed by atoms with van der Waals surface area (Å²) < 4.78 is 10.4. The molecule has 1 saturated heterocycles. The van der Waals surface area contributed by atoms with E-state index in [0.717, 1.165) is 21.7 Å². The standard InChI is InChI=1S/C26H32N4O5S/c1-14(2)23(21-11-22(34-5)29-35-21)26(33)30-12-19(31)10-20(30)25(32)28-15(3)17-6-8-18(9-7-17)24-16(4)27-13-36-24/h6-9,11,13-15,19-20,23,31H,10,12H2,1-5H3,(H,28,32)/t15-,19+,20-,23?/m0/s1. The van der Waals surface area contributed by atoms with Crippen LogP contribution in [0.5, 0.6) is 5.88 Å². The molecule has 1 fully saturated rings. The van der Waals surface area contributed by atoms with E-state index in [2.05, 4.69) is 15.5 Å². The molecule has 0 radical (unpaired) electrons. The summed E-state index contributed by atoms with van der Waals surface area (Å²) in [5.41, 5.74) is 4.84. The molecule has 1 aromatic carbocycles. The molecule has 1 aliphatic heterocycles. The fraction of sp³-hybridized carbons (Fsp3) is 0.462. The number of methoxy groups -OCH3 is 1. The van der Waals surface area contributed by atoms with Crippen molar-refractivity contribution < 1.29 is 24.0 Å². The molecule has 192 valence electrons. The summed E-state index contributed by atoms with van der Waals surface area (Å²) in [5, 5.41) is 17.2. The molecule has 1 aliphatic rings. The predicted molar refractivity (Wildman–Crippen MR) is 136 cm³/mol. The summed E-state index contributed by atoms with van der Waals surface area (Å²) >= 11 is 1.59. The first-order valence-electron chi connectivity index (χ1n) is 12.0. The van der Waals surface area contributed by atoms with Gasteiger partial charge in [0.05, 0.1) is 35.3 Å². The number of aliphatic hydroxyl groups excluding tert-OH is 1. The van der Waals surface area contributed by atoms with Gasteiger partial charge in [-0.25, -0.2) is 4.98 Å². The van der Waals surface area contributed by atoms with Crippen LogP contribution < -0.4 is 10.1 Å². The number of amides is 2. The highest BCUT2D eigenvalue weighted by atomic mass is 32.1. The molecule has 36 heavy (non-hydrogen) atoms. The zero-order chi connectivity index (χ0) is 26.0. The van der Waals surface area contributed by atoms with Crippen LogP contribution in [0.3, 0.4) is 0 Å². The number of carbonyl (C=O) groups excluding carboxylic acids is 2. The molecule has 0 aliphatic carbocycles. The molecule has 3 heterocycles. The van der Waals surface area contributed by atoms with E-state index < -0.39 is 18.1 Å². The molecule has 0 saturated carbocycles. The van der Waals surface area contributed by atoms with E-state index in [1.807, 2.05) is 57.5 Å². The summed E-state index contributed by atoms with van der Waals surface area (Å²) in [5.74, 6) is -0.690. The monoisotopic (exact) mass is 512 g/mol. The Morgan fingerprint density at radius 2 is 1.97 bits per heavy atom. The number of thiazole rings is 1. The minimum atomic E-state index is -0.779. The van der Waals surface area contributed by atoms with Crippen molar-refractivity contribution in [2.45, 2.75) is 58.2 Å². The minimum absolute atomic E-state index is 0.0860. The first kappa shape index (κ1) is 25.8. The van der Waals surface area contributed by atoms with Gasteiger partial charge in [-0.05, 0) is 36.0 Å². The van der Waals surface area contributed by atoms with Gasteiger partial charge in [-0.15, -0.1) is 11.3 Å². The maximum Gasteiger partial charge on any atom is 0.254 e. The third-order valence-electron chi connectivity index (χ3n) is 6.60. The number of aliphatic hydroxyl groups is 1. The van der Waals surface area contributed by atoms with Crippen molar-refractivity contribution >= 4 is 23.2 Å². The molecular formula is C26H32N4O5S. The minimum Gasteiger partial charge on any atom is -0.479 e. The molecule has 4 rings (SSSR count). The largest absolute Gasteiger partial charge is 0.479 e. The van der Waals surface area contributed by atoms with Gasteiger partial charge in [0.25, 0.3) is 5.88 Å². The molecule has 4 atom stereocenters. The Bertz CT molecular complexity index is 1210. The van der Waals surface area contributed by atoms with Crippen molar-refractivity contribution in [1.82, 2.24) is 20.4 Å². The highest BCUT2D eigenvalue weighted by molar-refractivity contribution is 7.13. The van der Waals surface area contributed by atoms with Crippen LogP contribution in [0.25, 0.3) is 10.4 Å². The highest BCUT2D eigenvalue weighted by Gasteiger charge is 2.43. The molecule has 2 aromatic heterocycles. The molecule has 9 nitrogen and oxygen atoms in total. The Hall–Kier alpha value is -3.24. The zero-order valence-electron chi connectivity index (χ0n) is 21.1. The normalized spacial score (nSPS) is 19.4. The third-order valence-corrected chi connectivity index (χ3v) is 7.57. The average molecular weight is 513 g/mol. The Morgan fingerprint density at radius 1 is 1.25 bits per heavy atom. The van der Waals surface area contributed by atoms with Crippen molar-refractivity contribution in [1.29, 1.82) is 0 Å². The van der Waals surface area contributed by atoms with Gasteiger partial charge in [-0.3, -0.25) is 9.59 Å². The Morgan fingerprint density at radius 3 is 2.56 bits per heavy atom. The highest BCUT2D eigenvalue weighted by Crippen LogP contribution is 2.33. The van der Waals surface area contributed by atoms with Gasteiger partial charge in [-0.2, -0.15) is 0 Å². The van der Waals surface area contributed by atoms with E-state index in [-0.39, 0.29) is 42.6 Å². The van der Waals surface area contributed by atoms with Crippen LogP contribution in [-0.2, 0) is 9.59 Å². The quantitative estimate of drug-likeness (QED) is 0.473. The molecule has 0 bridgehead atoms. The summed E-state index contributed by atoms with van der Waals surface area (Å²) in [4.78, 5) is 33.8. The topological polar surface area (TPSA) is 118 Å². The first-order chi connectivity index (χ1) is 17.2. The number of nitrogens with zero attached hydrogens (tertiary/aromatic N) is 3. The smallest absolute Gasteiger partial charge is 0.254 e. The van der Waals surface area contributed by atoms with E-state index in [9.17, 15) is 14.7 Å². The second-order valence-corrected chi connectivity index (χ2v) is 10.4. The van der Waals surface area contributed by atoms with E-state index >= 15 is 0 Å². The molecule has 2 amide bonds. The number of aryl methyl sites for hydroxylation is 1. The van der Waals surface area contributed by atoms with Crippen molar-refractivity contribution in [2.75, 3.05) is 13.7 Å². The van der Waals surface area contributed by atoms with Gasteiger partial charge in [0.1, 0.15) is 12.0 Å². The molecule has 1 unspecified atom stereocenters. The molecular weight excluding hydrogens is 480 g/mol. The lowest BCUT2D eigenvalue weighted by Crippen LogP contribution is -2.48. The number of hydrogen-bond acceptors (Lipinski definition) is 8. The summed E-state index contributed by atoms with van der Waals surface area (Å²) in [6.07, 6.45) is -0.600. The van der Waals surface area contributed by atoms with E-state index in [1.165, 1.54) is 12.0 Å². The van der Waals surface area contributed by atoms with Gasteiger partial charge < -0.3 is 24.6 Å². The Labute approximate surface area is 214 Å². The number of ether oxygens (including phenoxy) is 1. The number of rotatable bonds is 8. The third kappa shape index (κ3) is 5.29.